The van der Waals surface area contributed by atoms with Gasteiger partial charge in [0.05, 0.1) is 5.25 Å². The fourth-order valence-corrected chi connectivity index (χ4v) is 3.66. The van der Waals surface area contributed by atoms with Crippen molar-refractivity contribution in [1.82, 2.24) is 10.0 Å². The molecule has 1 unspecified atom stereocenters. The number of benzene rings is 2. The number of rotatable bonds is 11. The molecule has 1 amide bonds. The van der Waals surface area contributed by atoms with Gasteiger partial charge in [0.1, 0.15) is 6.04 Å². The highest BCUT2D eigenvalue weighted by atomic mass is 32.2. The molecule has 1 atom stereocenters. The molecular formula is C22H30N2O3S. The highest BCUT2D eigenvalue weighted by Gasteiger charge is 2.26. The first-order valence-electron chi connectivity index (χ1n) is 9.75. The van der Waals surface area contributed by atoms with Crippen molar-refractivity contribution in [3.8, 4) is 0 Å². The summed E-state index contributed by atoms with van der Waals surface area (Å²) in [7, 11) is -3.54. The van der Waals surface area contributed by atoms with Crippen molar-refractivity contribution in [2.24, 2.45) is 0 Å². The third-order valence-corrected chi connectivity index (χ3v) is 6.41. The van der Waals surface area contributed by atoms with Gasteiger partial charge >= 0.3 is 0 Å². The first-order valence-corrected chi connectivity index (χ1v) is 11.3. The molecule has 2 aromatic carbocycles. The van der Waals surface area contributed by atoms with E-state index in [0.717, 1.165) is 24.8 Å². The predicted molar refractivity (Wildman–Crippen MR) is 114 cm³/mol. The van der Waals surface area contributed by atoms with E-state index in [2.05, 4.69) is 22.2 Å². The van der Waals surface area contributed by atoms with E-state index in [1.807, 2.05) is 48.5 Å². The second kappa shape index (κ2) is 11.0. The zero-order chi connectivity index (χ0) is 20.4. The summed E-state index contributed by atoms with van der Waals surface area (Å²) in [6.07, 6.45) is 3.09. The van der Waals surface area contributed by atoms with Crippen LogP contribution in [0.2, 0.25) is 0 Å². The Labute approximate surface area is 168 Å². The number of hydrogen-bond donors (Lipinski definition) is 2. The Kier molecular flexibility index (Phi) is 8.67. The molecule has 0 aliphatic carbocycles. The van der Waals surface area contributed by atoms with Gasteiger partial charge in [-0.1, -0.05) is 60.7 Å². The Morgan fingerprint density at radius 1 is 0.893 bits per heavy atom. The summed E-state index contributed by atoms with van der Waals surface area (Å²) in [5.41, 5.74) is 2.19. The quantitative estimate of drug-likeness (QED) is 0.567. The highest BCUT2D eigenvalue weighted by molar-refractivity contribution is 7.90. The molecule has 0 heterocycles. The number of amides is 1. The van der Waals surface area contributed by atoms with E-state index in [4.69, 9.17) is 0 Å². The number of unbranched alkanes of at least 4 members (excludes halogenated alkanes) is 1. The third kappa shape index (κ3) is 7.44. The first kappa shape index (κ1) is 22.1. The van der Waals surface area contributed by atoms with Gasteiger partial charge in [-0.15, -0.1) is 0 Å². The number of sulfonamides is 1. The Bertz CT molecular complexity index is 821. The summed E-state index contributed by atoms with van der Waals surface area (Å²) < 4.78 is 27.1. The van der Waals surface area contributed by atoms with Gasteiger partial charge in [-0.25, -0.2) is 13.1 Å². The van der Waals surface area contributed by atoms with Crippen LogP contribution in [-0.2, 0) is 27.7 Å². The molecule has 2 aromatic rings. The van der Waals surface area contributed by atoms with E-state index in [1.165, 1.54) is 5.56 Å². The van der Waals surface area contributed by atoms with Gasteiger partial charge in [0.25, 0.3) is 0 Å². The van der Waals surface area contributed by atoms with Crippen LogP contribution in [-0.4, -0.2) is 32.2 Å². The number of nitrogens with one attached hydrogen (secondary N) is 2. The van der Waals surface area contributed by atoms with Crippen LogP contribution in [0.5, 0.6) is 0 Å². The lowest BCUT2D eigenvalue weighted by atomic mass is 10.1. The van der Waals surface area contributed by atoms with Gasteiger partial charge in [0.15, 0.2) is 0 Å². The van der Waals surface area contributed by atoms with Gasteiger partial charge < -0.3 is 5.32 Å². The van der Waals surface area contributed by atoms with Gasteiger partial charge in [-0.2, -0.15) is 0 Å². The monoisotopic (exact) mass is 402 g/mol. The molecule has 0 saturated carbocycles. The molecule has 0 aromatic heterocycles. The van der Waals surface area contributed by atoms with Crippen LogP contribution in [0.15, 0.2) is 60.7 Å². The van der Waals surface area contributed by atoms with E-state index >= 15 is 0 Å². The number of hydrogen-bond acceptors (Lipinski definition) is 3. The van der Waals surface area contributed by atoms with E-state index in [9.17, 15) is 13.2 Å². The summed E-state index contributed by atoms with van der Waals surface area (Å²) in [5.74, 6) is -0.284. The number of aryl methyl sites for hydroxylation is 1. The molecule has 0 aliphatic heterocycles. The lowest BCUT2D eigenvalue weighted by Crippen LogP contribution is -2.49. The van der Waals surface area contributed by atoms with Crippen LogP contribution in [0.1, 0.15) is 37.8 Å². The van der Waals surface area contributed by atoms with Crippen molar-refractivity contribution in [3.05, 3.63) is 71.8 Å². The van der Waals surface area contributed by atoms with Crippen molar-refractivity contribution < 1.29 is 13.2 Å². The second-order valence-electron chi connectivity index (χ2n) is 7.19. The molecule has 2 N–H and O–H groups in total. The Hall–Kier alpha value is -2.18. The molecular weight excluding hydrogens is 372 g/mol. The molecule has 152 valence electrons. The smallest absolute Gasteiger partial charge is 0.238 e. The van der Waals surface area contributed by atoms with Crippen LogP contribution in [0.4, 0.5) is 0 Å². The molecule has 0 aliphatic rings. The molecule has 0 fully saturated rings. The fourth-order valence-electron chi connectivity index (χ4n) is 2.81. The molecule has 2 rings (SSSR count). The maximum atomic E-state index is 12.6. The maximum Gasteiger partial charge on any atom is 0.238 e. The summed E-state index contributed by atoms with van der Waals surface area (Å²) in [6, 6.07) is 18.8. The van der Waals surface area contributed by atoms with Gasteiger partial charge in [0.2, 0.25) is 15.9 Å². The Morgan fingerprint density at radius 3 is 2.04 bits per heavy atom. The highest BCUT2D eigenvalue weighted by Crippen LogP contribution is 2.08. The van der Waals surface area contributed by atoms with Gasteiger partial charge in [-0.05, 0) is 50.7 Å². The van der Waals surface area contributed by atoms with E-state index < -0.39 is 21.3 Å². The molecule has 0 radical (unpaired) electrons. The largest absolute Gasteiger partial charge is 0.355 e. The first-order chi connectivity index (χ1) is 13.4. The zero-order valence-electron chi connectivity index (χ0n) is 16.6. The normalized spacial score (nSPS) is 12.7. The average Bonchev–Trinajstić information content (AvgIpc) is 2.68. The SMILES string of the molecule is CC(C)S(=O)(=O)NC(Cc1ccccc1)C(=O)NCCCCc1ccccc1. The standard InChI is InChI=1S/C22H30N2O3S/c1-18(2)28(26,27)24-21(17-20-14-7-4-8-15-20)22(25)23-16-10-9-13-19-11-5-3-6-12-19/h3-8,11-12,14-15,18,21,24H,9-10,13,16-17H2,1-2H3,(H,23,25). The lowest BCUT2D eigenvalue weighted by Gasteiger charge is -2.20. The molecule has 28 heavy (non-hydrogen) atoms. The molecule has 0 bridgehead atoms. The molecule has 5 nitrogen and oxygen atoms in total. The van der Waals surface area contributed by atoms with E-state index in [1.54, 1.807) is 13.8 Å². The van der Waals surface area contributed by atoms with Gasteiger partial charge in [-0.3, -0.25) is 4.79 Å². The van der Waals surface area contributed by atoms with Crippen molar-refractivity contribution in [1.29, 1.82) is 0 Å². The van der Waals surface area contributed by atoms with Crippen LogP contribution in [0.25, 0.3) is 0 Å². The zero-order valence-corrected chi connectivity index (χ0v) is 17.4. The minimum Gasteiger partial charge on any atom is -0.355 e. The average molecular weight is 403 g/mol. The van der Waals surface area contributed by atoms with Crippen molar-refractivity contribution in [2.45, 2.75) is 50.8 Å². The van der Waals surface area contributed by atoms with Crippen LogP contribution >= 0.6 is 0 Å². The number of carbonyl (C=O) groups excluding carboxylic acids is 1. The van der Waals surface area contributed by atoms with Crippen LogP contribution in [0.3, 0.4) is 0 Å². The van der Waals surface area contributed by atoms with E-state index in [0.29, 0.717) is 13.0 Å². The predicted octanol–water partition coefficient (Wildman–Crippen LogP) is 3.06. The maximum absolute atomic E-state index is 12.6. The fraction of sp³-hybridized carbons (Fsp3) is 0.409. The van der Waals surface area contributed by atoms with E-state index in [-0.39, 0.29) is 5.91 Å². The summed E-state index contributed by atoms with van der Waals surface area (Å²) in [6.45, 7) is 3.73. The van der Waals surface area contributed by atoms with Crippen molar-refractivity contribution in [2.75, 3.05) is 6.54 Å². The molecule has 0 saturated heterocycles. The second-order valence-corrected chi connectivity index (χ2v) is 9.46. The molecule has 6 heteroatoms. The third-order valence-electron chi connectivity index (χ3n) is 4.56. The Balaban J connectivity index is 1.88. The summed E-state index contributed by atoms with van der Waals surface area (Å²) in [5, 5.41) is 2.29. The molecule has 0 spiro atoms. The summed E-state index contributed by atoms with van der Waals surface area (Å²) >= 11 is 0. The number of carbonyl (C=O) groups is 1. The van der Waals surface area contributed by atoms with Crippen LogP contribution in [0, 0.1) is 0 Å². The van der Waals surface area contributed by atoms with Crippen LogP contribution < -0.4 is 10.0 Å². The lowest BCUT2D eigenvalue weighted by molar-refractivity contribution is -0.122. The van der Waals surface area contributed by atoms with Crippen molar-refractivity contribution in [3.63, 3.8) is 0 Å². The summed E-state index contributed by atoms with van der Waals surface area (Å²) in [4.78, 5) is 12.6. The minimum atomic E-state index is -3.54. The van der Waals surface area contributed by atoms with Gasteiger partial charge in [0, 0.05) is 6.54 Å². The minimum absolute atomic E-state index is 0.284. The topological polar surface area (TPSA) is 75.3 Å². The Morgan fingerprint density at radius 2 is 1.46 bits per heavy atom. The van der Waals surface area contributed by atoms with Crippen molar-refractivity contribution >= 4 is 15.9 Å².